The topological polar surface area (TPSA) is 60.5 Å². The summed E-state index contributed by atoms with van der Waals surface area (Å²) >= 11 is 6.02. The fourth-order valence-corrected chi connectivity index (χ4v) is 2.99. The van der Waals surface area contributed by atoms with Crippen molar-refractivity contribution in [2.24, 2.45) is 0 Å². The molecule has 0 spiro atoms. The van der Waals surface area contributed by atoms with Gasteiger partial charge in [0.25, 0.3) is 0 Å². The van der Waals surface area contributed by atoms with Crippen LogP contribution in [0.1, 0.15) is 18.4 Å². The molecule has 0 aliphatic rings. The van der Waals surface area contributed by atoms with Gasteiger partial charge in [-0.15, -0.1) is 0 Å². The summed E-state index contributed by atoms with van der Waals surface area (Å²) in [6, 6.07) is 15.1. The number of methoxy groups -OCH3 is 1. The van der Waals surface area contributed by atoms with Gasteiger partial charge in [0.2, 0.25) is 0 Å². The maximum atomic E-state index is 11.8. The Labute approximate surface area is 175 Å². The number of benzene rings is 2. The van der Waals surface area contributed by atoms with Gasteiger partial charge in [0.15, 0.2) is 0 Å². The van der Waals surface area contributed by atoms with E-state index in [-0.39, 0.29) is 5.97 Å². The molecule has 0 radical (unpaired) electrons. The molecule has 3 aromatic rings. The van der Waals surface area contributed by atoms with Gasteiger partial charge in [-0.3, -0.25) is 4.98 Å². The number of aromatic nitrogens is 1. The van der Waals surface area contributed by atoms with E-state index in [1.165, 1.54) is 6.08 Å². The van der Waals surface area contributed by atoms with Gasteiger partial charge in [0, 0.05) is 34.9 Å². The lowest BCUT2D eigenvalue weighted by atomic mass is 10.2. The van der Waals surface area contributed by atoms with Crippen LogP contribution in [-0.2, 0) is 9.53 Å². The Hall–Kier alpha value is -3.05. The first-order chi connectivity index (χ1) is 14.2. The Morgan fingerprint density at radius 1 is 1.14 bits per heavy atom. The third-order valence-electron chi connectivity index (χ3n) is 4.36. The second-order valence-corrected chi connectivity index (χ2v) is 6.86. The average Bonchev–Trinajstić information content (AvgIpc) is 2.74. The number of nitrogens with zero attached hydrogens (tertiary/aromatic N) is 1. The quantitative estimate of drug-likeness (QED) is 0.293. The molecule has 0 bridgehead atoms. The summed E-state index contributed by atoms with van der Waals surface area (Å²) in [5.41, 5.74) is 2.80. The maximum Gasteiger partial charge on any atom is 0.330 e. The molecular weight excluding hydrogens is 388 g/mol. The largest absolute Gasteiger partial charge is 0.497 e. The molecule has 0 aliphatic heterocycles. The predicted molar refractivity (Wildman–Crippen MR) is 117 cm³/mol. The molecule has 0 atom stereocenters. The van der Waals surface area contributed by atoms with Crippen LogP contribution in [0.2, 0.25) is 5.02 Å². The van der Waals surface area contributed by atoms with E-state index in [9.17, 15) is 4.79 Å². The van der Waals surface area contributed by atoms with Crippen molar-refractivity contribution in [3.63, 3.8) is 0 Å². The minimum Gasteiger partial charge on any atom is -0.497 e. The molecular formula is C23H23ClN2O3. The molecule has 150 valence electrons. The van der Waals surface area contributed by atoms with Crippen LogP contribution in [0.4, 0.5) is 5.69 Å². The second-order valence-electron chi connectivity index (χ2n) is 6.43. The first-order valence-corrected chi connectivity index (χ1v) is 9.80. The molecule has 1 N–H and O–H groups in total. The van der Waals surface area contributed by atoms with Crippen LogP contribution < -0.4 is 10.1 Å². The molecule has 29 heavy (non-hydrogen) atoms. The van der Waals surface area contributed by atoms with E-state index in [1.54, 1.807) is 19.4 Å². The minimum atomic E-state index is -0.342. The summed E-state index contributed by atoms with van der Waals surface area (Å²) in [6.45, 7) is 1.17. The van der Waals surface area contributed by atoms with Crippen molar-refractivity contribution < 1.29 is 14.3 Å². The predicted octanol–water partition coefficient (Wildman–Crippen LogP) is 5.35. The number of esters is 1. The van der Waals surface area contributed by atoms with Crippen molar-refractivity contribution in [3.05, 3.63) is 71.4 Å². The summed E-state index contributed by atoms with van der Waals surface area (Å²) in [7, 11) is 1.62. The highest BCUT2D eigenvalue weighted by Gasteiger charge is 2.03. The Morgan fingerprint density at radius 3 is 2.76 bits per heavy atom. The van der Waals surface area contributed by atoms with Gasteiger partial charge in [0.1, 0.15) is 5.75 Å². The Morgan fingerprint density at radius 2 is 1.97 bits per heavy atom. The van der Waals surface area contributed by atoms with Gasteiger partial charge in [-0.05, 0) is 60.9 Å². The number of anilines is 1. The number of fused-ring (bicyclic) bond motifs is 1. The van der Waals surface area contributed by atoms with Crippen LogP contribution in [0.5, 0.6) is 5.75 Å². The fourth-order valence-electron chi connectivity index (χ4n) is 2.83. The molecule has 0 amide bonds. The zero-order valence-corrected chi connectivity index (χ0v) is 17.0. The van der Waals surface area contributed by atoms with Crippen LogP contribution in [0.15, 0.2) is 60.8 Å². The van der Waals surface area contributed by atoms with Gasteiger partial charge in [-0.25, -0.2) is 4.79 Å². The van der Waals surface area contributed by atoms with Crippen LogP contribution in [0.25, 0.3) is 17.0 Å². The number of pyridine rings is 1. The number of ether oxygens (including phenoxy) is 2. The lowest BCUT2D eigenvalue weighted by Crippen LogP contribution is -2.06. The molecule has 2 aromatic carbocycles. The third-order valence-corrected chi connectivity index (χ3v) is 4.60. The van der Waals surface area contributed by atoms with Crippen molar-refractivity contribution in [2.75, 3.05) is 25.6 Å². The standard InChI is InChI=1S/C23H23ClN2O3/c1-28-19-8-4-17(5-9-19)6-11-23(27)29-15-3-2-13-25-21-12-14-26-22-16-18(24)7-10-20(21)22/h4-12,14,16H,2-3,13,15H2,1H3,(H,25,26)/b11-6+. The highest BCUT2D eigenvalue weighted by Crippen LogP contribution is 2.24. The summed E-state index contributed by atoms with van der Waals surface area (Å²) in [5, 5.41) is 5.11. The van der Waals surface area contributed by atoms with E-state index in [0.717, 1.165) is 47.3 Å². The molecule has 0 saturated heterocycles. The van der Waals surface area contributed by atoms with Gasteiger partial charge in [-0.2, -0.15) is 0 Å². The summed E-state index contributed by atoms with van der Waals surface area (Å²) in [5.74, 6) is 0.438. The lowest BCUT2D eigenvalue weighted by molar-refractivity contribution is -0.137. The first-order valence-electron chi connectivity index (χ1n) is 9.43. The van der Waals surface area contributed by atoms with Gasteiger partial charge < -0.3 is 14.8 Å². The molecule has 0 saturated carbocycles. The van der Waals surface area contributed by atoms with Crippen molar-refractivity contribution in [1.29, 1.82) is 0 Å². The molecule has 0 unspecified atom stereocenters. The van der Waals surface area contributed by atoms with E-state index in [4.69, 9.17) is 21.1 Å². The van der Waals surface area contributed by atoms with E-state index < -0.39 is 0 Å². The highest BCUT2D eigenvalue weighted by atomic mass is 35.5. The van der Waals surface area contributed by atoms with Crippen molar-refractivity contribution >= 4 is 40.2 Å². The number of hydrogen-bond acceptors (Lipinski definition) is 5. The molecule has 1 aromatic heterocycles. The van der Waals surface area contributed by atoms with Gasteiger partial charge in [0.05, 0.1) is 19.2 Å². The fraction of sp³-hybridized carbons (Fsp3) is 0.217. The second kappa shape index (κ2) is 10.5. The number of unbranched alkanes of at least 4 members (excludes halogenated alkanes) is 1. The normalized spacial score (nSPS) is 11.0. The highest BCUT2D eigenvalue weighted by molar-refractivity contribution is 6.31. The average molecular weight is 411 g/mol. The number of nitrogens with one attached hydrogen (secondary N) is 1. The Balaban J connectivity index is 1.36. The van der Waals surface area contributed by atoms with Crippen molar-refractivity contribution in [2.45, 2.75) is 12.8 Å². The summed E-state index contributed by atoms with van der Waals surface area (Å²) in [6.07, 6.45) is 6.59. The van der Waals surface area contributed by atoms with E-state index in [2.05, 4.69) is 10.3 Å². The third kappa shape index (κ3) is 6.22. The first kappa shape index (κ1) is 20.7. The molecule has 5 nitrogen and oxygen atoms in total. The summed E-state index contributed by atoms with van der Waals surface area (Å²) < 4.78 is 10.3. The molecule has 3 rings (SSSR count). The van der Waals surface area contributed by atoms with Gasteiger partial charge in [-0.1, -0.05) is 23.7 Å². The van der Waals surface area contributed by atoms with Crippen molar-refractivity contribution in [1.82, 2.24) is 4.98 Å². The Kier molecular flexibility index (Phi) is 7.47. The monoisotopic (exact) mass is 410 g/mol. The van der Waals surface area contributed by atoms with Crippen LogP contribution in [0, 0.1) is 0 Å². The zero-order valence-electron chi connectivity index (χ0n) is 16.2. The maximum absolute atomic E-state index is 11.8. The van der Waals surface area contributed by atoms with Crippen LogP contribution in [0.3, 0.4) is 0 Å². The smallest absolute Gasteiger partial charge is 0.330 e. The van der Waals surface area contributed by atoms with Crippen LogP contribution >= 0.6 is 11.6 Å². The molecule has 0 aliphatic carbocycles. The zero-order chi connectivity index (χ0) is 20.5. The van der Waals surface area contributed by atoms with Gasteiger partial charge >= 0.3 is 5.97 Å². The molecule has 6 heteroatoms. The number of carbonyl (C=O) groups excluding carboxylic acids is 1. The molecule has 1 heterocycles. The molecule has 0 fully saturated rings. The number of carbonyl (C=O) groups is 1. The number of rotatable bonds is 9. The SMILES string of the molecule is COc1ccc(/C=C/C(=O)OCCCCNc2ccnc3cc(Cl)ccc23)cc1. The number of hydrogen-bond donors (Lipinski definition) is 1. The lowest BCUT2D eigenvalue weighted by Gasteiger charge is -2.09. The van der Waals surface area contributed by atoms with E-state index in [0.29, 0.717) is 11.6 Å². The number of halogens is 1. The summed E-state index contributed by atoms with van der Waals surface area (Å²) in [4.78, 5) is 16.1. The van der Waals surface area contributed by atoms with E-state index in [1.807, 2.05) is 48.5 Å². The van der Waals surface area contributed by atoms with E-state index >= 15 is 0 Å². The van der Waals surface area contributed by atoms with Crippen LogP contribution in [-0.4, -0.2) is 31.2 Å². The minimum absolute atomic E-state index is 0.342. The van der Waals surface area contributed by atoms with Crippen molar-refractivity contribution in [3.8, 4) is 5.75 Å². The Bertz CT molecular complexity index is 987.